The minimum atomic E-state index is 0.468. The zero-order valence-corrected chi connectivity index (χ0v) is 10.6. The van der Waals surface area contributed by atoms with E-state index in [1.165, 1.54) is 5.56 Å². The average Bonchev–Trinajstić information content (AvgIpc) is 2.94. The molecule has 92 valence electrons. The van der Waals surface area contributed by atoms with Gasteiger partial charge in [0, 0.05) is 24.2 Å². The predicted molar refractivity (Wildman–Crippen MR) is 72.4 cm³/mol. The van der Waals surface area contributed by atoms with Gasteiger partial charge in [0.05, 0.1) is 5.69 Å². The first-order chi connectivity index (χ1) is 8.83. The van der Waals surface area contributed by atoms with Crippen molar-refractivity contribution in [1.29, 1.82) is 0 Å². The van der Waals surface area contributed by atoms with Crippen LogP contribution < -0.4 is 5.32 Å². The Morgan fingerprint density at radius 2 is 2.00 bits per heavy atom. The molecule has 18 heavy (non-hydrogen) atoms. The number of aryl methyl sites for hydroxylation is 1. The molecular formula is C15H17N3. The van der Waals surface area contributed by atoms with Crippen molar-refractivity contribution in [2.75, 3.05) is 13.1 Å². The Balaban J connectivity index is 1.92. The Kier molecular flexibility index (Phi) is 3.07. The van der Waals surface area contributed by atoms with Crippen molar-refractivity contribution >= 4 is 0 Å². The van der Waals surface area contributed by atoms with Crippen LogP contribution in [0.2, 0.25) is 0 Å². The quantitative estimate of drug-likeness (QED) is 0.875. The molecule has 3 rings (SSSR count). The first-order valence-corrected chi connectivity index (χ1v) is 6.43. The average molecular weight is 239 g/mol. The fourth-order valence-electron chi connectivity index (χ4n) is 2.33. The minimum absolute atomic E-state index is 0.468. The molecule has 0 radical (unpaired) electrons. The van der Waals surface area contributed by atoms with Gasteiger partial charge in [0.15, 0.2) is 0 Å². The van der Waals surface area contributed by atoms with Gasteiger partial charge < -0.3 is 5.32 Å². The van der Waals surface area contributed by atoms with E-state index >= 15 is 0 Å². The summed E-state index contributed by atoms with van der Waals surface area (Å²) in [6, 6.07) is 10.5. The fourth-order valence-corrected chi connectivity index (χ4v) is 2.33. The topological polar surface area (TPSA) is 37.8 Å². The van der Waals surface area contributed by atoms with Gasteiger partial charge in [-0.15, -0.1) is 0 Å². The van der Waals surface area contributed by atoms with Crippen molar-refractivity contribution in [1.82, 2.24) is 15.3 Å². The van der Waals surface area contributed by atoms with E-state index in [9.17, 15) is 0 Å². The van der Waals surface area contributed by atoms with E-state index in [0.717, 1.165) is 36.6 Å². The van der Waals surface area contributed by atoms with Crippen molar-refractivity contribution in [2.24, 2.45) is 0 Å². The van der Waals surface area contributed by atoms with Gasteiger partial charge >= 0.3 is 0 Å². The SMILES string of the molecule is Cc1ccc(-c2ccnc(C3CCNC3)n2)cc1. The van der Waals surface area contributed by atoms with Crippen LogP contribution in [0.1, 0.15) is 23.7 Å². The summed E-state index contributed by atoms with van der Waals surface area (Å²) in [5.74, 6) is 1.44. The van der Waals surface area contributed by atoms with E-state index < -0.39 is 0 Å². The number of nitrogens with one attached hydrogen (secondary N) is 1. The van der Waals surface area contributed by atoms with Crippen molar-refractivity contribution in [3.05, 3.63) is 47.9 Å². The maximum atomic E-state index is 4.70. The zero-order valence-electron chi connectivity index (χ0n) is 10.6. The van der Waals surface area contributed by atoms with Crippen LogP contribution in [0, 0.1) is 6.92 Å². The molecule has 2 aromatic rings. The highest BCUT2D eigenvalue weighted by Crippen LogP contribution is 2.22. The molecule has 1 aromatic heterocycles. The van der Waals surface area contributed by atoms with Gasteiger partial charge in [0.1, 0.15) is 5.82 Å². The lowest BCUT2D eigenvalue weighted by atomic mass is 10.1. The molecule has 0 saturated carbocycles. The molecule has 1 saturated heterocycles. The standard InChI is InChI=1S/C15H17N3/c1-11-2-4-12(5-3-11)14-7-9-17-15(18-14)13-6-8-16-10-13/h2-5,7,9,13,16H,6,8,10H2,1H3. The summed E-state index contributed by atoms with van der Waals surface area (Å²) < 4.78 is 0. The molecule has 1 fully saturated rings. The van der Waals surface area contributed by atoms with Crippen LogP contribution >= 0.6 is 0 Å². The van der Waals surface area contributed by atoms with Gasteiger partial charge in [-0.1, -0.05) is 29.8 Å². The van der Waals surface area contributed by atoms with E-state index in [2.05, 4.69) is 41.5 Å². The lowest BCUT2D eigenvalue weighted by Crippen LogP contribution is -2.10. The Hall–Kier alpha value is -1.74. The maximum Gasteiger partial charge on any atom is 0.133 e. The fraction of sp³-hybridized carbons (Fsp3) is 0.333. The van der Waals surface area contributed by atoms with Crippen LogP contribution in [0.25, 0.3) is 11.3 Å². The number of benzene rings is 1. The molecule has 1 aliphatic rings. The molecule has 0 bridgehead atoms. The maximum absolute atomic E-state index is 4.70. The number of nitrogens with zero attached hydrogens (tertiary/aromatic N) is 2. The molecule has 0 amide bonds. The molecule has 1 N–H and O–H groups in total. The summed E-state index contributed by atoms with van der Waals surface area (Å²) in [5, 5.41) is 3.36. The first kappa shape index (κ1) is 11.4. The van der Waals surface area contributed by atoms with Gasteiger partial charge in [-0.2, -0.15) is 0 Å². The van der Waals surface area contributed by atoms with Gasteiger partial charge in [0.25, 0.3) is 0 Å². The van der Waals surface area contributed by atoms with Crippen LogP contribution in [0.4, 0.5) is 0 Å². The monoisotopic (exact) mass is 239 g/mol. The van der Waals surface area contributed by atoms with Crippen molar-refractivity contribution in [3.8, 4) is 11.3 Å². The molecule has 0 spiro atoms. The summed E-state index contributed by atoms with van der Waals surface area (Å²) in [5.41, 5.74) is 3.45. The lowest BCUT2D eigenvalue weighted by molar-refractivity contribution is 0.703. The van der Waals surface area contributed by atoms with Crippen LogP contribution in [-0.4, -0.2) is 23.1 Å². The van der Waals surface area contributed by atoms with Crippen LogP contribution in [-0.2, 0) is 0 Å². The summed E-state index contributed by atoms with van der Waals surface area (Å²) >= 11 is 0. The second-order valence-electron chi connectivity index (χ2n) is 4.86. The molecule has 1 aromatic carbocycles. The van der Waals surface area contributed by atoms with Gasteiger partial charge in [0.2, 0.25) is 0 Å². The second-order valence-corrected chi connectivity index (χ2v) is 4.86. The first-order valence-electron chi connectivity index (χ1n) is 6.43. The van der Waals surface area contributed by atoms with Crippen molar-refractivity contribution in [2.45, 2.75) is 19.3 Å². The Morgan fingerprint density at radius 1 is 1.17 bits per heavy atom. The number of rotatable bonds is 2. The Labute approximate surface area is 107 Å². The van der Waals surface area contributed by atoms with Gasteiger partial charge in [-0.25, -0.2) is 9.97 Å². The van der Waals surface area contributed by atoms with Crippen molar-refractivity contribution in [3.63, 3.8) is 0 Å². The summed E-state index contributed by atoms with van der Waals surface area (Å²) in [4.78, 5) is 9.12. The highest BCUT2D eigenvalue weighted by molar-refractivity contribution is 5.58. The van der Waals surface area contributed by atoms with E-state index in [0.29, 0.717) is 5.92 Å². The van der Waals surface area contributed by atoms with Crippen LogP contribution in [0.3, 0.4) is 0 Å². The molecule has 2 heterocycles. The largest absolute Gasteiger partial charge is 0.316 e. The number of hydrogen-bond acceptors (Lipinski definition) is 3. The summed E-state index contributed by atoms with van der Waals surface area (Å²) in [7, 11) is 0. The normalized spacial score (nSPS) is 19.1. The number of aromatic nitrogens is 2. The predicted octanol–water partition coefficient (Wildman–Crippen LogP) is 2.53. The van der Waals surface area contributed by atoms with Gasteiger partial charge in [-0.3, -0.25) is 0 Å². The Morgan fingerprint density at radius 3 is 2.72 bits per heavy atom. The third-order valence-electron chi connectivity index (χ3n) is 3.45. The summed E-state index contributed by atoms with van der Waals surface area (Å²) in [6.45, 7) is 4.17. The smallest absolute Gasteiger partial charge is 0.133 e. The molecule has 3 heteroatoms. The molecule has 3 nitrogen and oxygen atoms in total. The number of hydrogen-bond donors (Lipinski definition) is 1. The van der Waals surface area contributed by atoms with Crippen molar-refractivity contribution < 1.29 is 0 Å². The summed E-state index contributed by atoms with van der Waals surface area (Å²) in [6.07, 6.45) is 3.01. The lowest BCUT2D eigenvalue weighted by Gasteiger charge is -2.08. The van der Waals surface area contributed by atoms with E-state index in [4.69, 9.17) is 4.98 Å². The molecule has 1 atom stereocenters. The van der Waals surface area contributed by atoms with E-state index in [1.54, 1.807) is 0 Å². The molecule has 1 aliphatic heterocycles. The highest BCUT2D eigenvalue weighted by Gasteiger charge is 2.19. The zero-order chi connectivity index (χ0) is 12.4. The van der Waals surface area contributed by atoms with Gasteiger partial charge in [-0.05, 0) is 26.0 Å². The molecule has 1 unspecified atom stereocenters. The van der Waals surface area contributed by atoms with E-state index in [-0.39, 0.29) is 0 Å². The minimum Gasteiger partial charge on any atom is -0.316 e. The van der Waals surface area contributed by atoms with E-state index in [1.807, 2.05) is 12.3 Å². The Bertz CT molecular complexity index is 528. The highest BCUT2D eigenvalue weighted by atomic mass is 15.0. The van der Waals surface area contributed by atoms with Crippen LogP contribution in [0.15, 0.2) is 36.5 Å². The third kappa shape index (κ3) is 2.27. The second kappa shape index (κ2) is 4.86. The van der Waals surface area contributed by atoms with Crippen LogP contribution in [0.5, 0.6) is 0 Å². The third-order valence-corrected chi connectivity index (χ3v) is 3.45. The molecule has 0 aliphatic carbocycles. The molecular weight excluding hydrogens is 222 g/mol.